The van der Waals surface area contributed by atoms with Gasteiger partial charge in [-0.3, -0.25) is 9.59 Å². The minimum atomic E-state index is -0.411. The smallest absolute Gasteiger partial charge is 0.247 e. The summed E-state index contributed by atoms with van der Waals surface area (Å²) in [6.07, 6.45) is 4.10. The molecule has 0 radical (unpaired) electrons. The molecule has 4 rings (SSSR count). The second-order valence-corrected chi connectivity index (χ2v) is 8.81. The molecule has 1 N–H and O–H groups in total. The molecule has 1 aromatic heterocycles. The average molecular weight is 415 g/mol. The maximum atomic E-state index is 13.1. The molecule has 1 atom stereocenters. The summed E-state index contributed by atoms with van der Waals surface area (Å²) in [5.41, 5.74) is 1.64. The van der Waals surface area contributed by atoms with Gasteiger partial charge in [0.15, 0.2) is 0 Å². The molecule has 2 amide bonds. The highest BCUT2D eigenvalue weighted by Crippen LogP contribution is 2.27. The number of hydrogen-bond donors (Lipinski definition) is 1. The van der Waals surface area contributed by atoms with Crippen molar-refractivity contribution >= 4 is 28.8 Å². The number of carbonyl (C=O) groups excluding carboxylic acids is 2. The third kappa shape index (κ3) is 4.64. The molecule has 1 aromatic carbocycles. The molecule has 2 aliphatic rings. The highest BCUT2D eigenvalue weighted by Gasteiger charge is 2.36. The van der Waals surface area contributed by atoms with Crippen LogP contribution in [0.4, 0.5) is 5.69 Å². The summed E-state index contributed by atoms with van der Waals surface area (Å²) < 4.78 is 5.38. The number of carbonyl (C=O) groups is 2. The topological polar surface area (TPSA) is 84.4 Å². The second-order valence-electron chi connectivity index (χ2n) is 7.63. The fourth-order valence-electron chi connectivity index (χ4n) is 4.02. The van der Waals surface area contributed by atoms with Crippen LogP contribution in [0.2, 0.25) is 0 Å². The van der Waals surface area contributed by atoms with E-state index < -0.39 is 6.04 Å². The van der Waals surface area contributed by atoms with Crippen LogP contribution in [-0.4, -0.2) is 52.7 Å². The molecule has 29 heavy (non-hydrogen) atoms. The van der Waals surface area contributed by atoms with Gasteiger partial charge in [0.25, 0.3) is 0 Å². The zero-order valence-electron chi connectivity index (χ0n) is 16.6. The Morgan fingerprint density at radius 2 is 2.00 bits per heavy atom. The lowest BCUT2D eigenvalue weighted by Gasteiger charge is -2.37. The monoisotopic (exact) mass is 414 g/mol. The molecule has 0 unspecified atom stereocenters. The van der Waals surface area contributed by atoms with Gasteiger partial charge in [0, 0.05) is 36.9 Å². The number of piperidine rings is 1. The number of likely N-dealkylation sites (tertiary alicyclic amines) is 1. The zero-order chi connectivity index (χ0) is 20.2. The van der Waals surface area contributed by atoms with Gasteiger partial charge >= 0.3 is 0 Å². The lowest BCUT2D eigenvalue weighted by molar-refractivity contribution is -0.146. The first kappa shape index (κ1) is 20.0. The molecular formula is C21H26N4O3S. The van der Waals surface area contributed by atoms with E-state index in [0.29, 0.717) is 31.9 Å². The molecule has 2 aromatic rings. The standard InChI is InChI=1S/C21H26N4O3S/c1-14-23-24-20(29-14)16-5-4-6-17(13-16)22-19(26)18-7-2-3-10-25(18)21(27)15-8-11-28-12-9-15/h4-6,13,15,18H,2-3,7-12H2,1H3,(H,22,26)/t18-/m1/s1. The van der Waals surface area contributed by atoms with E-state index in [1.807, 2.05) is 31.2 Å². The van der Waals surface area contributed by atoms with Crippen molar-refractivity contribution in [1.82, 2.24) is 15.1 Å². The Bertz CT molecular complexity index is 878. The van der Waals surface area contributed by atoms with Crippen molar-refractivity contribution in [3.8, 4) is 10.6 Å². The summed E-state index contributed by atoms with van der Waals surface area (Å²) in [4.78, 5) is 27.9. The number of anilines is 1. The van der Waals surface area contributed by atoms with Gasteiger partial charge in [0.05, 0.1) is 0 Å². The number of aryl methyl sites for hydroxylation is 1. The summed E-state index contributed by atoms with van der Waals surface area (Å²) in [7, 11) is 0. The van der Waals surface area contributed by atoms with Crippen molar-refractivity contribution in [1.29, 1.82) is 0 Å². The van der Waals surface area contributed by atoms with Gasteiger partial charge in [-0.2, -0.15) is 0 Å². The number of ether oxygens (including phenoxy) is 1. The van der Waals surface area contributed by atoms with Gasteiger partial charge in [-0.05, 0) is 51.2 Å². The van der Waals surface area contributed by atoms with Crippen LogP contribution in [0.3, 0.4) is 0 Å². The maximum Gasteiger partial charge on any atom is 0.247 e. The van der Waals surface area contributed by atoms with Gasteiger partial charge < -0.3 is 15.0 Å². The van der Waals surface area contributed by atoms with Gasteiger partial charge in [0.1, 0.15) is 16.1 Å². The third-order valence-electron chi connectivity index (χ3n) is 5.56. The quantitative estimate of drug-likeness (QED) is 0.830. The van der Waals surface area contributed by atoms with E-state index in [-0.39, 0.29) is 17.7 Å². The lowest BCUT2D eigenvalue weighted by Crippen LogP contribution is -2.52. The summed E-state index contributed by atoms with van der Waals surface area (Å²) in [5, 5.41) is 13.0. The van der Waals surface area contributed by atoms with Crippen LogP contribution in [0.1, 0.15) is 37.1 Å². The molecule has 0 bridgehead atoms. The molecule has 2 saturated heterocycles. The number of aromatic nitrogens is 2. The predicted octanol–water partition coefficient (Wildman–Crippen LogP) is 3.26. The highest BCUT2D eigenvalue weighted by atomic mass is 32.1. The summed E-state index contributed by atoms with van der Waals surface area (Å²) in [6.45, 7) is 3.82. The van der Waals surface area contributed by atoms with E-state index in [2.05, 4.69) is 15.5 Å². The van der Waals surface area contributed by atoms with Crippen LogP contribution in [0.5, 0.6) is 0 Å². The Morgan fingerprint density at radius 1 is 1.17 bits per heavy atom. The van der Waals surface area contributed by atoms with Gasteiger partial charge in [-0.25, -0.2) is 0 Å². The Labute approximate surface area is 174 Å². The van der Waals surface area contributed by atoms with Crippen molar-refractivity contribution in [2.24, 2.45) is 5.92 Å². The molecule has 0 aliphatic carbocycles. The van der Waals surface area contributed by atoms with E-state index in [1.165, 1.54) is 11.3 Å². The van der Waals surface area contributed by atoms with E-state index in [1.54, 1.807) is 4.90 Å². The fraction of sp³-hybridized carbons (Fsp3) is 0.524. The first-order valence-electron chi connectivity index (χ1n) is 10.2. The fourth-order valence-corrected chi connectivity index (χ4v) is 4.70. The second kappa shape index (κ2) is 9.00. The predicted molar refractivity (Wildman–Crippen MR) is 112 cm³/mol. The Kier molecular flexibility index (Phi) is 6.20. The van der Waals surface area contributed by atoms with Crippen molar-refractivity contribution in [2.45, 2.75) is 45.1 Å². The molecule has 154 valence electrons. The van der Waals surface area contributed by atoms with Crippen LogP contribution in [-0.2, 0) is 14.3 Å². The van der Waals surface area contributed by atoms with Crippen LogP contribution in [0.15, 0.2) is 24.3 Å². The normalized spacial score (nSPS) is 20.4. The SMILES string of the molecule is Cc1nnc(-c2cccc(NC(=O)[C@H]3CCCCN3C(=O)C3CCOCC3)c2)s1. The van der Waals surface area contributed by atoms with Gasteiger partial charge in [-0.15, -0.1) is 10.2 Å². The van der Waals surface area contributed by atoms with Crippen molar-refractivity contribution in [3.63, 3.8) is 0 Å². The number of nitrogens with one attached hydrogen (secondary N) is 1. The molecule has 2 aliphatic heterocycles. The molecule has 3 heterocycles. The Balaban J connectivity index is 1.47. The van der Waals surface area contributed by atoms with E-state index in [9.17, 15) is 9.59 Å². The Hall–Kier alpha value is -2.32. The first-order valence-corrected chi connectivity index (χ1v) is 11.0. The van der Waals surface area contributed by atoms with Crippen molar-refractivity contribution in [3.05, 3.63) is 29.3 Å². The molecule has 7 nitrogen and oxygen atoms in total. The first-order chi connectivity index (χ1) is 14.1. The number of hydrogen-bond acceptors (Lipinski definition) is 6. The minimum absolute atomic E-state index is 0.0267. The van der Waals surface area contributed by atoms with E-state index in [0.717, 1.165) is 41.3 Å². The summed E-state index contributed by atoms with van der Waals surface area (Å²) in [5.74, 6) is -0.0388. The van der Waals surface area contributed by atoms with Crippen LogP contribution < -0.4 is 5.32 Å². The number of rotatable bonds is 4. The highest BCUT2D eigenvalue weighted by molar-refractivity contribution is 7.14. The van der Waals surface area contributed by atoms with Gasteiger partial charge in [-0.1, -0.05) is 23.5 Å². The van der Waals surface area contributed by atoms with E-state index in [4.69, 9.17) is 4.74 Å². The van der Waals surface area contributed by atoms with Crippen LogP contribution in [0, 0.1) is 12.8 Å². The summed E-state index contributed by atoms with van der Waals surface area (Å²) in [6, 6.07) is 7.21. The third-order valence-corrected chi connectivity index (χ3v) is 6.45. The maximum absolute atomic E-state index is 13.1. The number of nitrogens with zero attached hydrogens (tertiary/aromatic N) is 3. The largest absolute Gasteiger partial charge is 0.381 e. The van der Waals surface area contributed by atoms with Crippen LogP contribution in [0.25, 0.3) is 10.6 Å². The average Bonchev–Trinajstić information content (AvgIpc) is 3.20. The molecule has 8 heteroatoms. The summed E-state index contributed by atoms with van der Waals surface area (Å²) >= 11 is 1.52. The zero-order valence-corrected chi connectivity index (χ0v) is 17.4. The van der Waals surface area contributed by atoms with E-state index >= 15 is 0 Å². The van der Waals surface area contributed by atoms with Crippen molar-refractivity contribution < 1.29 is 14.3 Å². The molecule has 2 fully saturated rings. The van der Waals surface area contributed by atoms with Crippen molar-refractivity contribution in [2.75, 3.05) is 25.1 Å². The lowest BCUT2D eigenvalue weighted by atomic mass is 9.94. The van der Waals surface area contributed by atoms with Gasteiger partial charge in [0.2, 0.25) is 11.8 Å². The molecule has 0 spiro atoms. The molecular weight excluding hydrogens is 388 g/mol. The Morgan fingerprint density at radius 3 is 2.76 bits per heavy atom. The minimum Gasteiger partial charge on any atom is -0.381 e. The molecule has 0 saturated carbocycles. The van der Waals surface area contributed by atoms with Crippen LogP contribution >= 0.6 is 11.3 Å². The number of benzene rings is 1. The number of amides is 2.